The molecule has 1 aromatic carbocycles. The van der Waals surface area contributed by atoms with Crippen molar-refractivity contribution >= 4 is 23.0 Å². The minimum atomic E-state index is -0.469. The average Bonchev–Trinajstić information content (AvgIpc) is 2.48. The maximum absolute atomic E-state index is 11.9. The molecule has 0 aliphatic carbocycles. The van der Waals surface area contributed by atoms with Gasteiger partial charge in [-0.2, -0.15) is 0 Å². The number of aromatic hydroxyl groups is 1. The van der Waals surface area contributed by atoms with E-state index in [-0.39, 0.29) is 22.8 Å². The second-order valence-corrected chi connectivity index (χ2v) is 4.37. The molecular formula is C15H11N3O3. The number of hydrogen-bond acceptors (Lipinski definition) is 5. The summed E-state index contributed by atoms with van der Waals surface area (Å²) in [7, 11) is 0. The van der Waals surface area contributed by atoms with Crippen molar-refractivity contribution in [2.75, 3.05) is 0 Å². The molecule has 0 saturated carbocycles. The molecule has 0 unspecified atom stereocenters. The Morgan fingerprint density at radius 1 is 1.19 bits per heavy atom. The molecule has 0 fully saturated rings. The number of aliphatic hydroxyl groups excluding tert-OH is 1. The van der Waals surface area contributed by atoms with Gasteiger partial charge in [-0.3, -0.25) is 4.79 Å². The number of aliphatic hydroxyl groups is 1. The molecule has 0 saturated heterocycles. The molecule has 6 nitrogen and oxygen atoms in total. The summed E-state index contributed by atoms with van der Waals surface area (Å²) in [6.07, 6.45) is 2.76. The predicted octanol–water partition coefficient (Wildman–Crippen LogP) is 2.08. The minimum absolute atomic E-state index is 0.0382. The Morgan fingerprint density at radius 2 is 2.00 bits per heavy atom. The first-order valence-corrected chi connectivity index (χ1v) is 6.19. The SMILES string of the molecule is O=c1[nH]c2ncccc2nc1/C=C(\O)c1ccccc1O. The topological polar surface area (TPSA) is 99.1 Å². The molecule has 0 spiro atoms. The third kappa shape index (κ3) is 2.46. The normalized spacial score (nSPS) is 11.7. The van der Waals surface area contributed by atoms with E-state index >= 15 is 0 Å². The van der Waals surface area contributed by atoms with Crippen molar-refractivity contribution in [3.63, 3.8) is 0 Å². The van der Waals surface area contributed by atoms with E-state index in [1.54, 1.807) is 30.5 Å². The van der Waals surface area contributed by atoms with E-state index in [0.717, 1.165) is 0 Å². The Hall–Kier alpha value is -3.15. The summed E-state index contributed by atoms with van der Waals surface area (Å²) in [5.74, 6) is -0.320. The van der Waals surface area contributed by atoms with Crippen LogP contribution in [0, 0.1) is 0 Å². The summed E-state index contributed by atoms with van der Waals surface area (Å²) in [6, 6.07) is 9.69. The number of aromatic amines is 1. The number of phenolic OH excluding ortho intramolecular Hbond substituents is 1. The zero-order chi connectivity index (χ0) is 14.8. The number of para-hydroxylation sites is 1. The highest BCUT2D eigenvalue weighted by atomic mass is 16.3. The Balaban J connectivity index is 2.13. The van der Waals surface area contributed by atoms with Crippen LogP contribution in [0.15, 0.2) is 47.4 Å². The molecule has 3 rings (SSSR count). The lowest BCUT2D eigenvalue weighted by Crippen LogP contribution is -2.12. The minimum Gasteiger partial charge on any atom is -0.507 e. The maximum Gasteiger partial charge on any atom is 0.275 e. The monoisotopic (exact) mass is 281 g/mol. The molecule has 0 radical (unpaired) electrons. The standard InChI is InChI=1S/C15H11N3O3/c19-12-6-2-1-4-9(12)13(20)8-11-15(21)18-14-10(17-11)5-3-7-16-14/h1-8,19-20H,(H,16,18,21)/b13-8-. The van der Waals surface area contributed by atoms with Gasteiger partial charge in [0.15, 0.2) is 5.65 Å². The Bertz CT molecular complexity index is 900. The van der Waals surface area contributed by atoms with Crippen molar-refractivity contribution in [1.29, 1.82) is 0 Å². The van der Waals surface area contributed by atoms with Gasteiger partial charge in [0, 0.05) is 12.3 Å². The van der Waals surface area contributed by atoms with Crippen LogP contribution in [0.5, 0.6) is 5.75 Å². The first-order valence-electron chi connectivity index (χ1n) is 6.19. The lowest BCUT2D eigenvalue weighted by molar-refractivity contribution is 0.461. The number of benzene rings is 1. The summed E-state index contributed by atoms with van der Waals surface area (Å²) >= 11 is 0. The lowest BCUT2D eigenvalue weighted by atomic mass is 10.1. The molecule has 0 amide bonds. The number of H-pyrrole nitrogens is 1. The number of nitrogens with one attached hydrogen (secondary N) is 1. The molecule has 0 bridgehead atoms. The second kappa shape index (κ2) is 5.09. The molecule has 104 valence electrons. The van der Waals surface area contributed by atoms with Crippen molar-refractivity contribution in [2.45, 2.75) is 0 Å². The van der Waals surface area contributed by atoms with Crippen LogP contribution >= 0.6 is 0 Å². The van der Waals surface area contributed by atoms with Gasteiger partial charge in [-0.25, -0.2) is 9.97 Å². The first-order chi connectivity index (χ1) is 10.1. The number of hydrogen-bond donors (Lipinski definition) is 3. The van der Waals surface area contributed by atoms with Gasteiger partial charge in [-0.1, -0.05) is 12.1 Å². The van der Waals surface area contributed by atoms with Crippen molar-refractivity contribution in [2.24, 2.45) is 0 Å². The van der Waals surface area contributed by atoms with Crippen LogP contribution in [-0.2, 0) is 0 Å². The molecule has 0 aliphatic rings. The van der Waals surface area contributed by atoms with Gasteiger partial charge < -0.3 is 15.2 Å². The fourth-order valence-corrected chi connectivity index (χ4v) is 1.93. The van der Waals surface area contributed by atoms with Crippen molar-refractivity contribution in [3.05, 3.63) is 64.2 Å². The Kier molecular flexibility index (Phi) is 3.12. The van der Waals surface area contributed by atoms with Crippen LogP contribution in [0.3, 0.4) is 0 Å². The Labute approximate surface area is 119 Å². The average molecular weight is 281 g/mol. The smallest absolute Gasteiger partial charge is 0.275 e. The first kappa shape index (κ1) is 12.9. The largest absolute Gasteiger partial charge is 0.507 e. The summed E-state index contributed by atoms with van der Waals surface area (Å²) in [4.78, 5) is 22.6. The molecule has 3 aromatic rings. The lowest BCUT2D eigenvalue weighted by Gasteiger charge is -2.03. The number of pyridine rings is 1. The van der Waals surface area contributed by atoms with Crippen LogP contribution in [0.1, 0.15) is 11.3 Å². The fraction of sp³-hybridized carbons (Fsp3) is 0. The molecule has 0 aliphatic heterocycles. The molecule has 0 atom stereocenters. The van der Waals surface area contributed by atoms with Gasteiger partial charge in [0.25, 0.3) is 5.56 Å². The zero-order valence-electron chi connectivity index (χ0n) is 10.8. The van der Waals surface area contributed by atoms with Gasteiger partial charge in [-0.05, 0) is 24.3 Å². The number of phenols is 1. The summed E-state index contributed by atoms with van der Waals surface area (Å²) in [6.45, 7) is 0. The van der Waals surface area contributed by atoms with Gasteiger partial charge in [-0.15, -0.1) is 0 Å². The highest BCUT2D eigenvalue weighted by Crippen LogP contribution is 2.23. The molecule has 6 heteroatoms. The number of aromatic nitrogens is 3. The van der Waals surface area contributed by atoms with Crippen LogP contribution in [-0.4, -0.2) is 25.2 Å². The third-order valence-electron chi connectivity index (χ3n) is 2.95. The molecule has 3 N–H and O–H groups in total. The van der Waals surface area contributed by atoms with Crippen molar-refractivity contribution < 1.29 is 10.2 Å². The van der Waals surface area contributed by atoms with Crippen molar-refractivity contribution in [1.82, 2.24) is 15.0 Å². The van der Waals surface area contributed by atoms with E-state index in [9.17, 15) is 15.0 Å². The zero-order valence-corrected chi connectivity index (χ0v) is 10.8. The molecule has 2 heterocycles. The van der Waals surface area contributed by atoms with E-state index < -0.39 is 5.56 Å². The van der Waals surface area contributed by atoms with Gasteiger partial charge >= 0.3 is 0 Å². The summed E-state index contributed by atoms with van der Waals surface area (Å²) in [5, 5.41) is 19.7. The number of fused-ring (bicyclic) bond motifs is 1. The van der Waals surface area contributed by atoms with E-state index in [2.05, 4.69) is 15.0 Å². The molecular weight excluding hydrogens is 270 g/mol. The fourth-order valence-electron chi connectivity index (χ4n) is 1.93. The van der Waals surface area contributed by atoms with Crippen LogP contribution in [0.4, 0.5) is 0 Å². The van der Waals surface area contributed by atoms with Gasteiger partial charge in [0.05, 0.1) is 5.56 Å². The van der Waals surface area contributed by atoms with E-state index in [0.29, 0.717) is 11.2 Å². The van der Waals surface area contributed by atoms with E-state index in [1.165, 1.54) is 18.2 Å². The number of nitrogens with zero attached hydrogens (tertiary/aromatic N) is 2. The quantitative estimate of drug-likeness (QED) is 0.624. The molecule has 21 heavy (non-hydrogen) atoms. The van der Waals surface area contributed by atoms with Gasteiger partial charge in [0.2, 0.25) is 0 Å². The summed E-state index contributed by atoms with van der Waals surface area (Å²) < 4.78 is 0. The van der Waals surface area contributed by atoms with E-state index in [1.807, 2.05) is 0 Å². The van der Waals surface area contributed by atoms with Crippen LogP contribution in [0.2, 0.25) is 0 Å². The summed E-state index contributed by atoms with van der Waals surface area (Å²) in [5.41, 5.74) is 0.680. The van der Waals surface area contributed by atoms with Crippen molar-refractivity contribution in [3.8, 4) is 5.75 Å². The maximum atomic E-state index is 11.9. The Morgan fingerprint density at radius 3 is 2.81 bits per heavy atom. The molecule has 2 aromatic heterocycles. The van der Waals surface area contributed by atoms with Crippen LogP contribution in [0.25, 0.3) is 23.0 Å². The van der Waals surface area contributed by atoms with Gasteiger partial charge in [0.1, 0.15) is 22.7 Å². The third-order valence-corrected chi connectivity index (χ3v) is 2.95. The highest BCUT2D eigenvalue weighted by molar-refractivity contribution is 5.79. The van der Waals surface area contributed by atoms with Crippen LogP contribution < -0.4 is 5.56 Å². The van der Waals surface area contributed by atoms with E-state index in [4.69, 9.17) is 0 Å². The number of rotatable bonds is 2. The second-order valence-electron chi connectivity index (χ2n) is 4.37. The predicted molar refractivity (Wildman–Crippen MR) is 78.8 cm³/mol. The highest BCUT2D eigenvalue weighted by Gasteiger charge is 2.08.